The predicted octanol–water partition coefficient (Wildman–Crippen LogP) is 6.28. The first-order valence-corrected chi connectivity index (χ1v) is 14.8. The van der Waals surface area contributed by atoms with Crippen molar-refractivity contribution in [3.8, 4) is 0 Å². The van der Waals surface area contributed by atoms with Crippen molar-refractivity contribution in [2.75, 3.05) is 6.61 Å². The number of fused-ring (bicyclic) bond motifs is 5. The summed E-state index contributed by atoms with van der Waals surface area (Å²) in [5.41, 5.74) is 3.08. The molecule has 1 aromatic carbocycles. The number of aliphatic hydroxyl groups excluding tert-OH is 1. The fraction of sp³-hybridized carbons (Fsp3) is 0.724. The lowest BCUT2D eigenvalue weighted by molar-refractivity contribution is -0.0590. The van der Waals surface area contributed by atoms with Crippen LogP contribution in [0.4, 0.5) is 0 Å². The summed E-state index contributed by atoms with van der Waals surface area (Å²) in [6, 6.07) is 6.91. The Bertz CT molecular complexity index is 1040. The zero-order chi connectivity index (χ0) is 24.3. The van der Waals surface area contributed by atoms with Crippen LogP contribution < -0.4 is 0 Å². The monoisotopic (exact) mass is 486 g/mol. The highest BCUT2D eigenvalue weighted by Crippen LogP contribution is 2.67. The van der Waals surface area contributed by atoms with Gasteiger partial charge in [0.25, 0.3) is 10.1 Å². The molecule has 0 radical (unpaired) electrons. The van der Waals surface area contributed by atoms with Crippen molar-refractivity contribution in [1.82, 2.24) is 0 Å². The highest BCUT2D eigenvalue weighted by atomic mass is 32.2. The molecule has 0 unspecified atom stereocenters. The van der Waals surface area contributed by atoms with Crippen LogP contribution >= 0.6 is 0 Å². The van der Waals surface area contributed by atoms with Crippen molar-refractivity contribution in [2.24, 2.45) is 40.4 Å². The molecule has 0 heterocycles. The molecule has 5 rings (SSSR count). The number of rotatable bonds is 5. The largest absolute Gasteiger partial charge is 0.393 e. The third-order valence-electron chi connectivity index (χ3n) is 10.6. The molecule has 3 fully saturated rings. The molecule has 0 bridgehead atoms. The quantitative estimate of drug-likeness (QED) is 0.393. The third-order valence-corrected chi connectivity index (χ3v) is 11.9. The normalized spacial score (nSPS) is 40.6. The highest BCUT2D eigenvalue weighted by molar-refractivity contribution is 7.86. The fourth-order valence-electron chi connectivity index (χ4n) is 8.70. The minimum absolute atomic E-state index is 0.155. The van der Waals surface area contributed by atoms with Gasteiger partial charge in [0.1, 0.15) is 0 Å². The van der Waals surface area contributed by atoms with Crippen LogP contribution in [0.3, 0.4) is 0 Å². The predicted molar refractivity (Wildman–Crippen MR) is 135 cm³/mol. The summed E-state index contributed by atoms with van der Waals surface area (Å²) in [6.07, 6.45) is 11.3. The molecule has 4 nitrogen and oxygen atoms in total. The Kier molecular flexibility index (Phi) is 6.30. The average molecular weight is 487 g/mol. The molecule has 188 valence electrons. The molecule has 8 atom stereocenters. The van der Waals surface area contributed by atoms with E-state index in [0.29, 0.717) is 11.8 Å². The molecule has 0 spiro atoms. The summed E-state index contributed by atoms with van der Waals surface area (Å²) >= 11 is 0. The number of aryl methyl sites for hydroxylation is 1. The number of hydrogen-bond acceptors (Lipinski definition) is 4. The summed E-state index contributed by atoms with van der Waals surface area (Å²) < 4.78 is 31.1. The van der Waals surface area contributed by atoms with Gasteiger partial charge in [-0.25, -0.2) is 0 Å². The number of hydrogen-bond donors (Lipinski definition) is 1. The summed E-state index contributed by atoms with van der Waals surface area (Å²) in [5, 5.41) is 10.2. The third kappa shape index (κ3) is 4.00. The Labute approximate surface area is 206 Å². The molecule has 1 aromatic rings. The van der Waals surface area contributed by atoms with Gasteiger partial charge in [0, 0.05) is 0 Å². The van der Waals surface area contributed by atoms with E-state index in [-0.39, 0.29) is 34.4 Å². The van der Waals surface area contributed by atoms with Crippen LogP contribution in [-0.4, -0.2) is 26.2 Å². The van der Waals surface area contributed by atoms with E-state index in [1.54, 1.807) is 12.1 Å². The maximum atomic E-state index is 12.8. The summed E-state index contributed by atoms with van der Waals surface area (Å²) in [7, 11) is -3.72. The smallest absolute Gasteiger partial charge is 0.296 e. The van der Waals surface area contributed by atoms with E-state index >= 15 is 0 Å². The van der Waals surface area contributed by atoms with E-state index in [2.05, 4.69) is 26.8 Å². The van der Waals surface area contributed by atoms with Crippen LogP contribution in [-0.2, 0) is 14.3 Å². The summed E-state index contributed by atoms with van der Waals surface area (Å²) in [4.78, 5) is 0.247. The van der Waals surface area contributed by atoms with Crippen molar-refractivity contribution in [1.29, 1.82) is 0 Å². The number of benzene rings is 1. The van der Waals surface area contributed by atoms with Crippen molar-refractivity contribution in [3.63, 3.8) is 0 Å². The molecular formula is C29H42O4S. The Balaban J connectivity index is 1.29. The van der Waals surface area contributed by atoms with E-state index in [4.69, 9.17) is 4.18 Å². The van der Waals surface area contributed by atoms with Gasteiger partial charge in [-0.05, 0) is 111 Å². The average Bonchev–Trinajstić information content (AvgIpc) is 3.15. The molecule has 0 amide bonds. The van der Waals surface area contributed by atoms with E-state index in [9.17, 15) is 13.5 Å². The molecule has 0 aliphatic heterocycles. The first-order valence-electron chi connectivity index (χ1n) is 13.4. The summed E-state index contributed by atoms with van der Waals surface area (Å²) in [5.74, 6) is 2.86. The molecule has 5 heteroatoms. The molecule has 3 saturated carbocycles. The Hall–Kier alpha value is -1.17. The van der Waals surface area contributed by atoms with Gasteiger partial charge in [0.2, 0.25) is 0 Å². The van der Waals surface area contributed by atoms with Gasteiger partial charge in [-0.15, -0.1) is 0 Å². The topological polar surface area (TPSA) is 63.6 Å². The summed E-state index contributed by atoms with van der Waals surface area (Å²) in [6.45, 7) is 9.37. The van der Waals surface area contributed by atoms with Gasteiger partial charge < -0.3 is 5.11 Å². The van der Waals surface area contributed by atoms with E-state index in [0.717, 1.165) is 43.1 Å². The molecule has 34 heavy (non-hydrogen) atoms. The van der Waals surface area contributed by atoms with Crippen molar-refractivity contribution >= 4 is 10.1 Å². The van der Waals surface area contributed by atoms with Gasteiger partial charge in [-0.3, -0.25) is 4.18 Å². The Morgan fingerprint density at radius 2 is 1.79 bits per heavy atom. The minimum Gasteiger partial charge on any atom is -0.393 e. The van der Waals surface area contributed by atoms with Crippen LogP contribution in [0, 0.1) is 47.3 Å². The van der Waals surface area contributed by atoms with Crippen LogP contribution in [0.5, 0.6) is 0 Å². The first kappa shape index (κ1) is 24.5. The molecule has 4 aliphatic rings. The lowest BCUT2D eigenvalue weighted by atomic mass is 9.47. The minimum atomic E-state index is -3.72. The zero-order valence-corrected chi connectivity index (χ0v) is 22.1. The Morgan fingerprint density at radius 1 is 1.06 bits per heavy atom. The van der Waals surface area contributed by atoms with Gasteiger partial charge in [0.15, 0.2) is 0 Å². The lowest BCUT2D eigenvalue weighted by Gasteiger charge is -2.58. The van der Waals surface area contributed by atoms with Crippen molar-refractivity contribution < 1.29 is 17.7 Å². The van der Waals surface area contributed by atoms with Crippen LogP contribution in [0.15, 0.2) is 40.8 Å². The lowest BCUT2D eigenvalue weighted by Crippen LogP contribution is -2.51. The first-order chi connectivity index (χ1) is 16.0. The van der Waals surface area contributed by atoms with E-state index < -0.39 is 10.1 Å². The molecule has 4 aliphatic carbocycles. The highest BCUT2D eigenvalue weighted by Gasteiger charge is 2.59. The molecular weight excluding hydrogens is 444 g/mol. The standard InChI is InChI=1S/C29H42O4S/c1-19-5-8-23(9-6-19)34(31,32)33-18-20(2)25-11-12-26-24-10-7-21-17-22(30)13-15-28(21,3)27(24)14-16-29(25,26)4/h5-9,20,22,24-27,30H,10-18H2,1-4H3/t20-,22+,24+,25-,26+,27+,28+,29-/m1/s1. The van der Waals surface area contributed by atoms with Crippen LogP contribution in [0.2, 0.25) is 0 Å². The van der Waals surface area contributed by atoms with Crippen LogP contribution in [0.1, 0.15) is 77.7 Å². The SMILES string of the molecule is Cc1ccc(S(=O)(=O)OC[C@@H](C)[C@H]2CC[C@H]3[C@@H]4CC=C5C[C@@H](O)CC[C@]5(C)[C@H]4CC[C@]23C)cc1. The van der Waals surface area contributed by atoms with Gasteiger partial charge in [-0.1, -0.05) is 50.1 Å². The zero-order valence-electron chi connectivity index (χ0n) is 21.3. The van der Waals surface area contributed by atoms with Crippen molar-refractivity contribution in [3.05, 3.63) is 41.5 Å². The fourth-order valence-corrected chi connectivity index (χ4v) is 9.70. The van der Waals surface area contributed by atoms with Crippen LogP contribution in [0.25, 0.3) is 0 Å². The van der Waals surface area contributed by atoms with Gasteiger partial charge in [0.05, 0.1) is 17.6 Å². The van der Waals surface area contributed by atoms with Crippen molar-refractivity contribution in [2.45, 2.75) is 90.1 Å². The van der Waals surface area contributed by atoms with Gasteiger partial charge in [-0.2, -0.15) is 8.42 Å². The molecule has 1 N–H and O–H groups in total. The molecule has 0 aromatic heterocycles. The van der Waals surface area contributed by atoms with E-state index in [1.807, 2.05) is 19.1 Å². The number of allylic oxidation sites excluding steroid dienone is 1. The second-order valence-electron chi connectivity index (χ2n) is 12.4. The second kappa shape index (κ2) is 8.74. The van der Waals surface area contributed by atoms with E-state index in [1.165, 1.54) is 31.3 Å². The number of aliphatic hydroxyl groups is 1. The molecule has 0 saturated heterocycles. The maximum Gasteiger partial charge on any atom is 0.296 e. The van der Waals surface area contributed by atoms with Gasteiger partial charge >= 0.3 is 0 Å². The maximum absolute atomic E-state index is 12.8. The Morgan fingerprint density at radius 3 is 2.53 bits per heavy atom. The second-order valence-corrected chi connectivity index (χ2v) is 14.0.